The highest BCUT2D eigenvalue weighted by atomic mass is 19.1. The molecule has 5 heteroatoms. The van der Waals surface area contributed by atoms with Crippen LogP contribution in [0.1, 0.15) is 43.4 Å². The summed E-state index contributed by atoms with van der Waals surface area (Å²) < 4.78 is 16.7. The largest absolute Gasteiger partial charge is 0.369 e. The van der Waals surface area contributed by atoms with E-state index in [4.69, 9.17) is 0 Å². The number of benzene rings is 1. The molecule has 4 rings (SSSR count). The fourth-order valence-corrected chi connectivity index (χ4v) is 3.97. The number of nitrogens with zero attached hydrogens (tertiary/aromatic N) is 3. The maximum Gasteiger partial charge on any atom is 0.252 e. The van der Waals surface area contributed by atoms with Gasteiger partial charge in [0.05, 0.1) is 16.8 Å². The Hall–Kier alpha value is -2.35. The Labute approximate surface area is 140 Å². The van der Waals surface area contributed by atoms with Crippen molar-refractivity contribution in [2.75, 3.05) is 18.0 Å². The molecule has 1 aliphatic heterocycles. The molecule has 0 spiro atoms. The molecule has 2 aliphatic rings. The van der Waals surface area contributed by atoms with Crippen LogP contribution in [0.25, 0.3) is 10.9 Å². The normalized spacial score (nSPS) is 20.6. The molecular weight excluding hydrogens is 305 g/mol. The molecule has 124 valence electrons. The quantitative estimate of drug-likeness (QED) is 0.849. The monoisotopic (exact) mass is 325 g/mol. The van der Waals surface area contributed by atoms with E-state index in [9.17, 15) is 14.4 Å². The molecule has 1 atom stereocenters. The van der Waals surface area contributed by atoms with E-state index in [-0.39, 0.29) is 23.0 Å². The second-order valence-corrected chi connectivity index (χ2v) is 7.18. The van der Waals surface area contributed by atoms with Crippen LogP contribution in [0, 0.1) is 30.0 Å². The Bertz CT molecular complexity index is 936. The van der Waals surface area contributed by atoms with Gasteiger partial charge in [-0.3, -0.25) is 4.79 Å². The Morgan fingerprint density at radius 2 is 2.04 bits per heavy atom. The standard InChI is InChI=1S/C19H20FN3O/c1-11-5-6-22(10-11)19-12(2)18-15(8-16(19)20)13(9-21)7-17(24)23(18)14-3-4-14/h7-8,11,14H,3-6,10H2,1-2H3/t11-/m0/s1. The summed E-state index contributed by atoms with van der Waals surface area (Å²) in [7, 11) is 0. The van der Waals surface area contributed by atoms with E-state index in [1.54, 1.807) is 4.57 Å². The highest BCUT2D eigenvalue weighted by Crippen LogP contribution is 2.40. The predicted molar refractivity (Wildman–Crippen MR) is 91.9 cm³/mol. The van der Waals surface area contributed by atoms with Gasteiger partial charge in [-0.2, -0.15) is 5.26 Å². The minimum atomic E-state index is -0.299. The number of pyridine rings is 1. The minimum Gasteiger partial charge on any atom is -0.369 e. The molecule has 0 bridgehead atoms. The first-order valence-electron chi connectivity index (χ1n) is 8.54. The summed E-state index contributed by atoms with van der Waals surface area (Å²) in [5.41, 5.74) is 2.21. The lowest BCUT2D eigenvalue weighted by Crippen LogP contribution is -2.24. The van der Waals surface area contributed by atoms with Gasteiger partial charge in [0.2, 0.25) is 0 Å². The number of fused-ring (bicyclic) bond motifs is 1. The number of aryl methyl sites for hydroxylation is 1. The summed E-state index contributed by atoms with van der Waals surface area (Å²) in [5.74, 6) is 0.238. The van der Waals surface area contributed by atoms with Crippen LogP contribution in [0.2, 0.25) is 0 Å². The van der Waals surface area contributed by atoms with E-state index < -0.39 is 0 Å². The van der Waals surface area contributed by atoms with Crippen molar-refractivity contribution in [1.29, 1.82) is 5.26 Å². The molecule has 2 heterocycles. The first kappa shape index (κ1) is 15.2. The van der Waals surface area contributed by atoms with Crippen LogP contribution in [-0.4, -0.2) is 17.7 Å². The van der Waals surface area contributed by atoms with Crippen molar-refractivity contribution < 1.29 is 4.39 Å². The topological polar surface area (TPSA) is 49.0 Å². The molecule has 2 fully saturated rings. The second kappa shape index (κ2) is 5.34. The molecule has 0 N–H and O–H groups in total. The van der Waals surface area contributed by atoms with Crippen molar-refractivity contribution in [3.05, 3.63) is 39.4 Å². The first-order chi connectivity index (χ1) is 11.5. The lowest BCUT2D eigenvalue weighted by molar-refractivity contribution is 0.619. The van der Waals surface area contributed by atoms with Gasteiger partial charge in [0.15, 0.2) is 0 Å². The SMILES string of the molecule is Cc1c(N2CC[C@H](C)C2)c(F)cc2c(C#N)cc(=O)n(C3CC3)c12. The number of nitriles is 1. The maximum atomic E-state index is 14.9. The first-order valence-corrected chi connectivity index (χ1v) is 8.54. The van der Waals surface area contributed by atoms with Crippen molar-refractivity contribution in [1.82, 2.24) is 4.57 Å². The van der Waals surface area contributed by atoms with Gasteiger partial charge in [0.1, 0.15) is 11.9 Å². The van der Waals surface area contributed by atoms with Crippen molar-refractivity contribution in [3.63, 3.8) is 0 Å². The van der Waals surface area contributed by atoms with Crippen molar-refractivity contribution in [3.8, 4) is 6.07 Å². The average Bonchev–Trinajstić information content (AvgIpc) is 3.29. The summed E-state index contributed by atoms with van der Waals surface area (Å²) >= 11 is 0. The van der Waals surface area contributed by atoms with Crippen LogP contribution >= 0.6 is 0 Å². The number of hydrogen-bond donors (Lipinski definition) is 0. The van der Waals surface area contributed by atoms with Crippen molar-refractivity contribution >= 4 is 16.6 Å². The summed E-state index contributed by atoms with van der Waals surface area (Å²) in [5, 5.41) is 9.92. The molecule has 4 nitrogen and oxygen atoms in total. The number of aromatic nitrogens is 1. The summed E-state index contributed by atoms with van der Waals surface area (Å²) in [6.45, 7) is 5.70. The van der Waals surface area contributed by atoms with Gasteiger partial charge < -0.3 is 9.47 Å². The predicted octanol–water partition coefficient (Wildman–Crippen LogP) is 3.50. The fraction of sp³-hybridized carbons (Fsp3) is 0.474. The Morgan fingerprint density at radius 3 is 2.62 bits per heavy atom. The fourth-order valence-electron chi connectivity index (χ4n) is 3.97. The van der Waals surface area contributed by atoms with E-state index in [2.05, 4.69) is 17.9 Å². The lowest BCUT2D eigenvalue weighted by atomic mass is 10.0. The number of rotatable bonds is 2. The van der Waals surface area contributed by atoms with Gasteiger partial charge in [-0.1, -0.05) is 6.92 Å². The van der Waals surface area contributed by atoms with Gasteiger partial charge in [0, 0.05) is 30.6 Å². The van der Waals surface area contributed by atoms with Gasteiger partial charge in [0.25, 0.3) is 5.56 Å². The van der Waals surface area contributed by atoms with Crippen LogP contribution in [0.5, 0.6) is 0 Å². The van der Waals surface area contributed by atoms with Crippen LogP contribution in [0.4, 0.5) is 10.1 Å². The molecule has 1 saturated carbocycles. The van der Waals surface area contributed by atoms with Crippen molar-refractivity contribution in [2.24, 2.45) is 5.92 Å². The van der Waals surface area contributed by atoms with Crippen LogP contribution in [0.15, 0.2) is 16.9 Å². The van der Waals surface area contributed by atoms with E-state index >= 15 is 0 Å². The molecule has 0 unspecified atom stereocenters. The van der Waals surface area contributed by atoms with E-state index in [0.717, 1.165) is 43.4 Å². The van der Waals surface area contributed by atoms with E-state index in [1.165, 1.54) is 12.1 Å². The Morgan fingerprint density at radius 1 is 1.29 bits per heavy atom. The zero-order valence-electron chi connectivity index (χ0n) is 14.0. The van der Waals surface area contributed by atoms with Gasteiger partial charge in [-0.05, 0) is 43.7 Å². The highest BCUT2D eigenvalue weighted by Gasteiger charge is 2.30. The molecule has 0 radical (unpaired) electrons. The molecule has 1 aliphatic carbocycles. The Kier molecular flexibility index (Phi) is 3.38. The smallest absolute Gasteiger partial charge is 0.252 e. The number of halogens is 1. The average molecular weight is 325 g/mol. The van der Waals surface area contributed by atoms with Crippen molar-refractivity contribution in [2.45, 2.75) is 39.2 Å². The van der Waals surface area contributed by atoms with Crippen LogP contribution in [0.3, 0.4) is 0 Å². The molecule has 1 aromatic carbocycles. The van der Waals surface area contributed by atoms with Gasteiger partial charge in [-0.15, -0.1) is 0 Å². The summed E-state index contributed by atoms with van der Waals surface area (Å²) in [6.07, 6.45) is 2.98. The molecule has 0 amide bonds. The second-order valence-electron chi connectivity index (χ2n) is 7.18. The summed E-state index contributed by atoms with van der Waals surface area (Å²) in [4.78, 5) is 14.6. The Balaban J connectivity index is 2.05. The van der Waals surface area contributed by atoms with Crippen LogP contribution in [-0.2, 0) is 0 Å². The van der Waals surface area contributed by atoms with E-state index in [0.29, 0.717) is 17.0 Å². The third kappa shape index (κ3) is 2.21. The van der Waals surface area contributed by atoms with Gasteiger partial charge in [-0.25, -0.2) is 4.39 Å². The van der Waals surface area contributed by atoms with Crippen LogP contribution < -0.4 is 10.5 Å². The molecule has 1 aromatic heterocycles. The molecular formula is C19H20FN3O. The zero-order chi connectivity index (χ0) is 17.0. The molecule has 24 heavy (non-hydrogen) atoms. The highest BCUT2D eigenvalue weighted by molar-refractivity contribution is 5.92. The molecule has 2 aromatic rings. The third-order valence-electron chi connectivity index (χ3n) is 5.27. The number of anilines is 1. The minimum absolute atomic E-state index is 0.156. The number of hydrogen-bond acceptors (Lipinski definition) is 3. The van der Waals surface area contributed by atoms with E-state index in [1.807, 2.05) is 6.92 Å². The van der Waals surface area contributed by atoms with Gasteiger partial charge >= 0.3 is 0 Å². The maximum absolute atomic E-state index is 14.9. The molecule has 1 saturated heterocycles. The summed E-state index contributed by atoms with van der Waals surface area (Å²) in [6, 6.07) is 5.02. The third-order valence-corrected chi connectivity index (χ3v) is 5.27. The lowest BCUT2D eigenvalue weighted by Gasteiger charge is -2.24. The zero-order valence-corrected chi connectivity index (χ0v) is 14.0.